The van der Waals surface area contributed by atoms with Crippen LogP contribution in [0.4, 0.5) is 5.69 Å². The van der Waals surface area contributed by atoms with E-state index in [4.69, 9.17) is 4.74 Å². The van der Waals surface area contributed by atoms with Crippen molar-refractivity contribution in [2.45, 2.75) is 25.0 Å². The van der Waals surface area contributed by atoms with E-state index in [0.29, 0.717) is 6.54 Å². The van der Waals surface area contributed by atoms with Gasteiger partial charge in [-0.1, -0.05) is 0 Å². The van der Waals surface area contributed by atoms with Gasteiger partial charge in [0.1, 0.15) is 6.61 Å². The lowest BCUT2D eigenvalue weighted by Gasteiger charge is -2.46. The molecule has 4 rings (SSSR count). The summed E-state index contributed by atoms with van der Waals surface area (Å²) in [6, 6.07) is 4.22. The van der Waals surface area contributed by atoms with Crippen LogP contribution in [0, 0.1) is 0 Å². The summed E-state index contributed by atoms with van der Waals surface area (Å²) in [6.45, 7) is 3.98. The van der Waals surface area contributed by atoms with E-state index in [2.05, 4.69) is 21.7 Å². The van der Waals surface area contributed by atoms with Crippen LogP contribution in [-0.2, 0) is 16.1 Å². The lowest BCUT2D eigenvalue weighted by Crippen LogP contribution is -2.58. The number of hydrogen-bond acceptors (Lipinski definition) is 5. The zero-order valence-electron chi connectivity index (χ0n) is 12.9. The van der Waals surface area contributed by atoms with Gasteiger partial charge in [0, 0.05) is 25.0 Å². The molecule has 0 bridgehead atoms. The predicted octanol–water partition coefficient (Wildman–Crippen LogP) is 3.21. The number of rotatable bonds is 3. The number of morpholine rings is 1. The van der Waals surface area contributed by atoms with E-state index in [0.717, 1.165) is 38.2 Å². The number of likely N-dealkylation sites (tertiary alicyclic amines) is 1. The number of amides is 1. The van der Waals surface area contributed by atoms with E-state index < -0.39 is 0 Å². The molecule has 2 saturated heterocycles. The summed E-state index contributed by atoms with van der Waals surface area (Å²) in [5.74, 6) is 0.0785. The Labute approximate surface area is 144 Å². The number of thiophene rings is 2. The van der Waals surface area contributed by atoms with E-state index in [-0.39, 0.29) is 18.1 Å². The third kappa shape index (κ3) is 3.21. The molecule has 0 unspecified atom stereocenters. The first kappa shape index (κ1) is 15.3. The minimum atomic E-state index is -0.166. The van der Waals surface area contributed by atoms with E-state index in [9.17, 15) is 4.79 Å². The van der Waals surface area contributed by atoms with Gasteiger partial charge in [-0.2, -0.15) is 22.7 Å². The Kier molecular flexibility index (Phi) is 4.24. The van der Waals surface area contributed by atoms with Gasteiger partial charge in [-0.05, 0) is 46.7 Å². The van der Waals surface area contributed by atoms with Crippen LogP contribution in [0.2, 0.25) is 0 Å². The van der Waals surface area contributed by atoms with E-state index in [1.54, 1.807) is 22.7 Å². The highest BCUT2D eigenvalue weighted by atomic mass is 32.1. The zero-order chi connectivity index (χ0) is 15.7. The average molecular weight is 348 g/mol. The van der Waals surface area contributed by atoms with Crippen LogP contribution >= 0.6 is 22.7 Å². The van der Waals surface area contributed by atoms with Crippen molar-refractivity contribution < 1.29 is 9.53 Å². The molecule has 0 aromatic carbocycles. The molecule has 4 heterocycles. The molecule has 122 valence electrons. The first-order chi connectivity index (χ1) is 11.2. The van der Waals surface area contributed by atoms with Crippen molar-refractivity contribution >= 4 is 34.3 Å². The van der Waals surface area contributed by atoms with Crippen molar-refractivity contribution in [2.24, 2.45) is 0 Å². The number of piperidine rings is 1. The molecular weight excluding hydrogens is 328 g/mol. The van der Waals surface area contributed by atoms with Crippen molar-refractivity contribution in [2.75, 3.05) is 31.1 Å². The van der Waals surface area contributed by atoms with Gasteiger partial charge in [0.15, 0.2) is 0 Å². The van der Waals surface area contributed by atoms with Crippen LogP contribution in [0.3, 0.4) is 0 Å². The highest BCUT2D eigenvalue weighted by molar-refractivity contribution is 7.08. The number of ether oxygens (including phenoxy) is 1. The van der Waals surface area contributed by atoms with Crippen molar-refractivity contribution in [3.8, 4) is 0 Å². The zero-order valence-corrected chi connectivity index (χ0v) is 14.6. The summed E-state index contributed by atoms with van der Waals surface area (Å²) in [4.78, 5) is 16.6. The quantitative estimate of drug-likeness (QED) is 0.854. The molecule has 4 nitrogen and oxygen atoms in total. The fourth-order valence-electron chi connectivity index (χ4n) is 3.42. The van der Waals surface area contributed by atoms with E-state index in [1.165, 1.54) is 5.56 Å². The van der Waals surface area contributed by atoms with Gasteiger partial charge in [0.25, 0.3) is 5.91 Å². The molecule has 2 aromatic rings. The number of carbonyl (C=O) groups excluding carboxylic acids is 1. The maximum absolute atomic E-state index is 12.2. The molecule has 0 atom stereocenters. The molecule has 2 aliphatic rings. The molecule has 2 aromatic heterocycles. The summed E-state index contributed by atoms with van der Waals surface area (Å²) >= 11 is 3.39. The molecule has 6 heteroatoms. The Morgan fingerprint density at radius 3 is 2.61 bits per heavy atom. The molecule has 0 radical (unpaired) electrons. The molecule has 0 aliphatic carbocycles. The van der Waals surface area contributed by atoms with Gasteiger partial charge in [-0.15, -0.1) is 0 Å². The fourth-order valence-corrected chi connectivity index (χ4v) is 4.72. The number of nitrogens with zero attached hydrogens (tertiary/aromatic N) is 2. The maximum atomic E-state index is 12.2. The molecule has 0 saturated carbocycles. The summed E-state index contributed by atoms with van der Waals surface area (Å²) in [7, 11) is 0. The second-order valence-electron chi connectivity index (χ2n) is 6.34. The number of carbonyl (C=O) groups is 1. The van der Waals surface area contributed by atoms with Gasteiger partial charge in [-0.3, -0.25) is 9.69 Å². The first-order valence-electron chi connectivity index (χ1n) is 7.94. The molecule has 23 heavy (non-hydrogen) atoms. The Morgan fingerprint density at radius 1 is 1.13 bits per heavy atom. The minimum Gasteiger partial charge on any atom is -0.363 e. The second-order valence-corrected chi connectivity index (χ2v) is 7.90. The first-order valence-corrected chi connectivity index (χ1v) is 9.83. The predicted molar refractivity (Wildman–Crippen MR) is 94.2 cm³/mol. The summed E-state index contributed by atoms with van der Waals surface area (Å²) in [5.41, 5.74) is 2.25. The van der Waals surface area contributed by atoms with E-state index >= 15 is 0 Å². The van der Waals surface area contributed by atoms with Crippen molar-refractivity contribution in [3.05, 3.63) is 39.2 Å². The van der Waals surface area contributed by atoms with E-state index in [1.807, 2.05) is 21.7 Å². The van der Waals surface area contributed by atoms with Gasteiger partial charge in [-0.25, -0.2) is 0 Å². The highest BCUT2D eigenvalue weighted by Crippen LogP contribution is 2.33. The normalized spacial score (nSPS) is 21.9. The minimum absolute atomic E-state index is 0.0785. The molecule has 2 fully saturated rings. The molecule has 1 amide bonds. The highest BCUT2D eigenvalue weighted by Gasteiger charge is 2.42. The summed E-state index contributed by atoms with van der Waals surface area (Å²) in [6.07, 6.45) is 1.98. The topological polar surface area (TPSA) is 32.8 Å². The Hall–Kier alpha value is -1.21. The SMILES string of the molecule is O=C1COC2(CCN(Cc3ccsc3)CC2)CN1c1ccsc1. The second kappa shape index (κ2) is 6.36. The standard InChI is InChI=1S/C17H20N2O2S2/c20-16-10-21-17(13-19(16)15-2-8-23-12-15)3-5-18(6-4-17)9-14-1-7-22-11-14/h1-2,7-8,11-12H,3-6,9-10,13H2. The number of hydrogen-bond donors (Lipinski definition) is 0. The van der Waals surface area contributed by atoms with Gasteiger partial charge in [0.2, 0.25) is 0 Å². The van der Waals surface area contributed by atoms with Crippen molar-refractivity contribution in [3.63, 3.8) is 0 Å². The molecular formula is C17H20N2O2S2. The van der Waals surface area contributed by atoms with Crippen LogP contribution in [0.5, 0.6) is 0 Å². The monoisotopic (exact) mass is 348 g/mol. The fraction of sp³-hybridized carbons (Fsp3) is 0.471. The van der Waals surface area contributed by atoms with Crippen molar-refractivity contribution in [1.29, 1.82) is 0 Å². The van der Waals surface area contributed by atoms with Gasteiger partial charge >= 0.3 is 0 Å². The molecule has 1 spiro atoms. The smallest absolute Gasteiger partial charge is 0.253 e. The molecule has 0 N–H and O–H groups in total. The van der Waals surface area contributed by atoms with Crippen molar-refractivity contribution in [1.82, 2.24) is 4.90 Å². The molecule has 2 aliphatic heterocycles. The number of anilines is 1. The van der Waals surface area contributed by atoms with Crippen LogP contribution in [0.1, 0.15) is 18.4 Å². The summed E-state index contributed by atoms with van der Waals surface area (Å²) in [5, 5.41) is 8.42. The third-order valence-electron chi connectivity index (χ3n) is 4.82. The van der Waals surface area contributed by atoms with Gasteiger partial charge in [0.05, 0.1) is 17.8 Å². The maximum Gasteiger partial charge on any atom is 0.253 e. The average Bonchev–Trinajstić information content (AvgIpc) is 3.26. The van der Waals surface area contributed by atoms with Gasteiger partial charge < -0.3 is 9.64 Å². The van der Waals surface area contributed by atoms with Crippen LogP contribution in [-0.4, -0.2) is 42.6 Å². The van der Waals surface area contributed by atoms with Crippen LogP contribution in [0.15, 0.2) is 33.7 Å². The van der Waals surface area contributed by atoms with Crippen LogP contribution < -0.4 is 4.90 Å². The van der Waals surface area contributed by atoms with Crippen LogP contribution in [0.25, 0.3) is 0 Å². The third-order valence-corrected chi connectivity index (χ3v) is 6.22. The largest absolute Gasteiger partial charge is 0.363 e. The Bertz CT molecular complexity index is 646. The Morgan fingerprint density at radius 2 is 1.91 bits per heavy atom. The Balaban J connectivity index is 1.41. The summed E-state index contributed by atoms with van der Waals surface area (Å²) < 4.78 is 6.02. The lowest BCUT2D eigenvalue weighted by molar-refractivity contribution is -0.144. The lowest BCUT2D eigenvalue weighted by atomic mass is 9.89.